The standard InChI is InChI=1S/C18H20N6O2/c19-14-6-4-12(10-17(14)24(25)26)18-20-15-7-5-13(11-16(15)21-18)22-23-8-2-1-3-9-23/h4-7,10-11,22H,1-3,8-9,19H2,(H,20,21). The van der Waals surface area contributed by atoms with Crippen LogP contribution in [0.5, 0.6) is 0 Å². The quantitative estimate of drug-likeness (QED) is 0.376. The first-order valence-electron chi connectivity index (χ1n) is 8.66. The molecule has 3 aromatic rings. The number of hydrogen-bond donors (Lipinski definition) is 3. The first-order valence-corrected chi connectivity index (χ1v) is 8.66. The van der Waals surface area contributed by atoms with Crippen molar-refractivity contribution in [2.24, 2.45) is 0 Å². The monoisotopic (exact) mass is 352 g/mol. The average Bonchev–Trinajstić information content (AvgIpc) is 3.06. The summed E-state index contributed by atoms with van der Waals surface area (Å²) in [5.41, 5.74) is 12.4. The maximum atomic E-state index is 11.1. The summed E-state index contributed by atoms with van der Waals surface area (Å²) in [5.74, 6) is 0.582. The van der Waals surface area contributed by atoms with Gasteiger partial charge in [0.1, 0.15) is 11.5 Å². The summed E-state index contributed by atoms with van der Waals surface area (Å²) in [5, 5.41) is 13.3. The predicted molar refractivity (Wildman–Crippen MR) is 102 cm³/mol. The van der Waals surface area contributed by atoms with Gasteiger partial charge in [0.15, 0.2) is 0 Å². The van der Waals surface area contributed by atoms with Gasteiger partial charge >= 0.3 is 0 Å². The molecule has 134 valence electrons. The Morgan fingerprint density at radius 3 is 2.73 bits per heavy atom. The molecule has 0 aliphatic carbocycles. The lowest BCUT2D eigenvalue weighted by Crippen LogP contribution is -2.34. The molecule has 0 radical (unpaired) electrons. The lowest BCUT2D eigenvalue weighted by Gasteiger charge is -2.27. The maximum Gasteiger partial charge on any atom is 0.292 e. The number of aromatic amines is 1. The number of nitrogens with zero attached hydrogens (tertiary/aromatic N) is 3. The van der Waals surface area contributed by atoms with Crippen LogP contribution in [-0.2, 0) is 0 Å². The van der Waals surface area contributed by atoms with Gasteiger partial charge in [-0.2, -0.15) is 0 Å². The van der Waals surface area contributed by atoms with E-state index in [1.807, 2.05) is 18.2 Å². The fourth-order valence-electron chi connectivity index (χ4n) is 3.25. The molecule has 0 atom stereocenters. The molecular formula is C18H20N6O2. The van der Waals surface area contributed by atoms with Crippen LogP contribution in [0.25, 0.3) is 22.4 Å². The Labute approximate surface area is 150 Å². The minimum absolute atomic E-state index is 0.115. The van der Waals surface area contributed by atoms with Gasteiger partial charge in [-0.3, -0.25) is 10.1 Å². The van der Waals surface area contributed by atoms with E-state index in [2.05, 4.69) is 20.4 Å². The smallest absolute Gasteiger partial charge is 0.292 e. The highest BCUT2D eigenvalue weighted by atomic mass is 16.6. The van der Waals surface area contributed by atoms with Crippen LogP contribution in [-0.4, -0.2) is 33.0 Å². The fourth-order valence-corrected chi connectivity index (χ4v) is 3.25. The number of hydrogen-bond acceptors (Lipinski definition) is 6. The average molecular weight is 352 g/mol. The lowest BCUT2D eigenvalue weighted by atomic mass is 10.1. The molecule has 1 saturated heterocycles. The number of piperidine rings is 1. The number of benzene rings is 2. The molecule has 0 amide bonds. The molecule has 4 rings (SSSR count). The first-order chi connectivity index (χ1) is 12.6. The van der Waals surface area contributed by atoms with Crippen molar-refractivity contribution in [1.29, 1.82) is 0 Å². The molecule has 0 unspecified atom stereocenters. The first kappa shape index (κ1) is 16.3. The second kappa shape index (κ2) is 6.64. The molecule has 26 heavy (non-hydrogen) atoms. The molecule has 0 spiro atoms. The number of hydrazine groups is 1. The van der Waals surface area contributed by atoms with Crippen LogP contribution < -0.4 is 11.2 Å². The summed E-state index contributed by atoms with van der Waals surface area (Å²) in [6, 6.07) is 10.6. The summed E-state index contributed by atoms with van der Waals surface area (Å²) < 4.78 is 0. The number of imidazole rings is 1. The predicted octanol–water partition coefficient (Wildman–Crippen LogP) is 3.53. The molecule has 2 aromatic carbocycles. The zero-order valence-electron chi connectivity index (χ0n) is 14.2. The fraction of sp³-hybridized carbons (Fsp3) is 0.278. The number of anilines is 2. The van der Waals surface area contributed by atoms with Gasteiger partial charge in [0.05, 0.1) is 21.6 Å². The summed E-state index contributed by atoms with van der Waals surface area (Å²) in [6.07, 6.45) is 3.70. The van der Waals surface area contributed by atoms with E-state index in [1.54, 1.807) is 6.07 Å². The van der Waals surface area contributed by atoms with Gasteiger partial charge in [0.2, 0.25) is 0 Å². The number of nitrogens with two attached hydrogens (primary N) is 1. The Kier molecular flexibility index (Phi) is 4.18. The number of nitrogen functional groups attached to an aromatic ring is 1. The van der Waals surface area contributed by atoms with Gasteiger partial charge in [0.25, 0.3) is 5.69 Å². The number of aromatic nitrogens is 2. The Hall–Kier alpha value is -3.13. The van der Waals surface area contributed by atoms with Crippen LogP contribution in [0.15, 0.2) is 36.4 Å². The van der Waals surface area contributed by atoms with E-state index >= 15 is 0 Å². The zero-order chi connectivity index (χ0) is 18.1. The van der Waals surface area contributed by atoms with Gasteiger partial charge in [-0.25, -0.2) is 9.99 Å². The van der Waals surface area contributed by atoms with Crippen molar-refractivity contribution in [1.82, 2.24) is 15.0 Å². The van der Waals surface area contributed by atoms with Crippen LogP contribution in [0, 0.1) is 10.1 Å². The lowest BCUT2D eigenvalue weighted by molar-refractivity contribution is -0.383. The second-order valence-corrected chi connectivity index (χ2v) is 6.51. The van der Waals surface area contributed by atoms with E-state index in [9.17, 15) is 10.1 Å². The molecule has 8 heteroatoms. The summed E-state index contributed by atoms with van der Waals surface area (Å²) in [7, 11) is 0. The highest BCUT2D eigenvalue weighted by molar-refractivity contribution is 5.83. The Morgan fingerprint density at radius 1 is 1.15 bits per heavy atom. The maximum absolute atomic E-state index is 11.1. The molecular weight excluding hydrogens is 332 g/mol. The third kappa shape index (κ3) is 3.18. The van der Waals surface area contributed by atoms with Crippen molar-refractivity contribution in [3.05, 3.63) is 46.5 Å². The molecule has 4 N–H and O–H groups in total. The Balaban J connectivity index is 1.63. The number of rotatable bonds is 4. The zero-order valence-corrected chi connectivity index (χ0v) is 14.2. The van der Waals surface area contributed by atoms with Crippen LogP contribution in [0.4, 0.5) is 17.1 Å². The number of nitro benzene ring substituents is 1. The normalized spacial score (nSPS) is 15.2. The van der Waals surface area contributed by atoms with E-state index in [1.165, 1.54) is 31.4 Å². The molecule has 1 aliphatic heterocycles. The Bertz CT molecular complexity index is 961. The SMILES string of the molecule is Nc1ccc(-c2nc3ccc(NN4CCCCC4)cc3[nH]2)cc1[N+](=O)[O-]. The second-order valence-electron chi connectivity index (χ2n) is 6.51. The van der Waals surface area contributed by atoms with Gasteiger partial charge in [-0.15, -0.1) is 0 Å². The molecule has 1 fully saturated rings. The van der Waals surface area contributed by atoms with Crippen molar-refractivity contribution in [3.63, 3.8) is 0 Å². The van der Waals surface area contributed by atoms with E-state index in [0.29, 0.717) is 11.4 Å². The van der Waals surface area contributed by atoms with E-state index in [-0.39, 0.29) is 11.4 Å². The topological polar surface area (TPSA) is 113 Å². The Morgan fingerprint density at radius 2 is 1.96 bits per heavy atom. The number of nitrogens with one attached hydrogen (secondary N) is 2. The highest BCUT2D eigenvalue weighted by Crippen LogP contribution is 2.29. The molecule has 1 aliphatic rings. The van der Waals surface area contributed by atoms with E-state index in [4.69, 9.17) is 5.73 Å². The molecule has 1 aromatic heterocycles. The van der Waals surface area contributed by atoms with Crippen molar-refractivity contribution >= 4 is 28.1 Å². The van der Waals surface area contributed by atoms with Crippen molar-refractivity contribution in [3.8, 4) is 11.4 Å². The van der Waals surface area contributed by atoms with Crippen LogP contribution in [0.3, 0.4) is 0 Å². The third-order valence-corrected chi connectivity index (χ3v) is 4.63. The highest BCUT2D eigenvalue weighted by Gasteiger charge is 2.15. The van der Waals surface area contributed by atoms with E-state index in [0.717, 1.165) is 29.8 Å². The van der Waals surface area contributed by atoms with E-state index < -0.39 is 4.92 Å². The third-order valence-electron chi connectivity index (χ3n) is 4.63. The molecule has 2 heterocycles. The molecule has 8 nitrogen and oxygen atoms in total. The number of fused-ring (bicyclic) bond motifs is 1. The van der Waals surface area contributed by atoms with Crippen molar-refractivity contribution in [2.75, 3.05) is 24.2 Å². The van der Waals surface area contributed by atoms with Gasteiger partial charge in [-0.1, -0.05) is 6.42 Å². The molecule has 0 saturated carbocycles. The minimum Gasteiger partial charge on any atom is -0.393 e. The van der Waals surface area contributed by atoms with Crippen LogP contribution >= 0.6 is 0 Å². The number of nitro groups is 1. The van der Waals surface area contributed by atoms with Crippen LogP contribution in [0.2, 0.25) is 0 Å². The minimum atomic E-state index is -0.484. The van der Waals surface area contributed by atoms with Crippen LogP contribution in [0.1, 0.15) is 19.3 Å². The summed E-state index contributed by atoms with van der Waals surface area (Å²) in [4.78, 5) is 18.4. The number of H-pyrrole nitrogens is 1. The largest absolute Gasteiger partial charge is 0.393 e. The van der Waals surface area contributed by atoms with Crippen molar-refractivity contribution in [2.45, 2.75) is 19.3 Å². The summed E-state index contributed by atoms with van der Waals surface area (Å²) in [6.45, 7) is 2.09. The van der Waals surface area contributed by atoms with Gasteiger partial charge in [0, 0.05) is 24.7 Å². The summed E-state index contributed by atoms with van der Waals surface area (Å²) >= 11 is 0. The molecule has 0 bridgehead atoms. The van der Waals surface area contributed by atoms with Gasteiger partial charge in [-0.05, 0) is 43.2 Å². The van der Waals surface area contributed by atoms with Gasteiger partial charge < -0.3 is 16.1 Å². The van der Waals surface area contributed by atoms with Crippen molar-refractivity contribution < 1.29 is 4.92 Å².